The molecule has 0 heterocycles. The summed E-state index contributed by atoms with van der Waals surface area (Å²) in [7, 11) is 0. The predicted molar refractivity (Wildman–Crippen MR) is 103 cm³/mol. The van der Waals surface area contributed by atoms with Gasteiger partial charge in [-0.25, -0.2) is 4.79 Å². The van der Waals surface area contributed by atoms with E-state index in [1.807, 2.05) is 0 Å². The molecule has 1 aromatic carbocycles. The van der Waals surface area contributed by atoms with E-state index in [4.69, 9.17) is 15.2 Å². The largest absolute Gasteiger partial charge is 0.460 e. The number of anilines is 1. The normalized spacial score (nSPS) is 12.8. The number of hydrogen-bond acceptors (Lipinski definition) is 6. The number of nitrogens with one attached hydrogen (secondary N) is 1. The van der Waals surface area contributed by atoms with Gasteiger partial charge in [-0.2, -0.15) is 0 Å². The molecular weight excluding hydrogens is 348 g/mol. The number of ether oxygens (including phenoxy) is 2. The molecule has 3 N–H and O–H groups in total. The molecule has 0 radical (unpaired) electrons. The van der Waals surface area contributed by atoms with Crippen molar-refractivity contribution in [2.24, 2.45) is 0 Å². The first kappa shape index (κ1) is 22.5. The van der Waals surface area contributed by atoms with Gasteiger partial charge in [0.05, 0.1) is 0 Å². The van der Waals surface area contributed by atoms with E-state index in [0.717, 1.165) is 0 Å². The fourth-order valence-corrected chi connectivity index (χ4v) is 2.15. The van der Waals surface area contributed by atoms with E-state index >= 15 is 0 Å². The molecule has 0 aromatic heterocycles. The van der Waals surface area contributed by atoms with Crippen molar-refractivity contribution >= 4 is 23.5 Å². The van der Waals surface area contributed by atoms with Crippen LogP contribution < -0.4 is 11.1 Å². The summed E-state index contributed by atoms with van der Waals surface area (Å²) in [6.45, 7) is 10.5. The molecular formula is C20H30N2O5. The van der Waals surface area contributed by atoms with Crippen molar-refractivity contribution in [3.8, 4) is 0 Å². The van der Waals surface area contributed by atoms with Crippen molar-refractivity contribution in [2.75, 3.05) is 5.73 Å². The third kappa shape index (κ3) is 9.08. The first-order chi connectivity index (χ1) is 12.3. The van der Waals surface area contributed by atoms with Gasteiger partial charge in [-0.15, -0.1) is 0 Å². The lowest BCUT2D eigenvalue weighted by Crippen LogP contribution is -2.44. The third-order valence-electron chi connectivity index (χ3n) is 3.23. The minimum atomic E-state index is -0.971. The van der Waals surface area contributed by atoms with Gasteiger partial charge >= 0.3 is 11.9 Å². The molecule has 0 bridgehead atoms. The Morgan fingerprint density at radius 2 is 1.48 bits per heavy atom. The molecule has 7 nitrogen and oxygen atoms in total. The number of esters is 2. The molecule has 0 aliphatic rings. The number of carbonyl (C=O) groups excluding carboxylic acids is 3. The van der Waals surface area contributed by atoms with E-state index in [1.165, 1.54) is 0 Å². The molecule has 0 aliphatic heterocycles. The average molecular weight is 378 g/mol. The zero-order valence-electron chi connectivity index (χ0n) is 16.9. The molecule has 0 unspecified atom stereocenters. The summed E-state index contributed by atoms with van der Waals surface area (Å²) in [6.07, 6.45) is 0.0493. The van der Waals surface area contributed by atoms with E-state index in [1.54, 1.807) is 65.8 Å². The SMILES string of the molecule is CC(C)(C)OC(=O)CC[C@@H](NC(=O)c1ccc(N)cc1)C(=O)OC(C)(C)C. The quantitative estimate of drug-likeness (QED) is 0.582. The molecule has 0 saturated carbocycles. The highest BCUT2D eigenvalue weighted by Gasteiger charge is 2.28. The number of hydrogen-bond donors (Lipinski definition) is 2. The lowest BCUT2D eigenvalue weighted by Gasteiger charge is -2.25. The van der Waals surface area contributed by atoms with Crippen molar-refractivity contribution in [2.45, 2.75) is 71.6 Å². The second-order valence-electron chi connectivity index (χ2n) is 8.31. The van der Waals surface area contributed by atoms with Crippen LogP contribution in [0.1, 0.15) is 64.7 Å². The number of carbonyl (C=O) groups is 3. The maximum Gasteiger partial charge on any atom is 0.329 e. The number of amides is 1. The van der Waals surface area contributed by atoms with Gasteiger partial charge in [0.1, 0.15) is 17.2 Å². The molecule has 0 fully saturated rings. The third-order valence-corrected chi connectivity index (χ3v) is 3.23. The number of benzene rings is 1. The second-order valence-corrected chi connectivity index (χ2v) is 8.31. The predicted octanol–water partition coefficient (Wildman–Crippen LogP) is 2.83. The molecule has 0 spiro atoms. The van der Waals surface area contributed by atoms with Crippen LogP contribution in [0.3, 0.4) is 0 Å². The topological polar surface area (TPSA) is 108 Å². The molecule has 7 heteroatoms. The molecule has 1 atom stereocenters. The lowest BCUT2D eigenvalue weighted by atomic mass is 10.1. The summed E-state index contributed by atoms with van der Waals surface area (Å²) in [5.41, 5.74) is 5.17. The minimum absolute atomic E-state index is 0.0246. The van der Waals surface area contributed by atoms with Gasteiger partial charge in [-0.1, -0.05) is 0 Å². The lowest BCUT2D eigenvalue weighted by molar-refractivity contribution is -0.158. The average Bonchev–Trinajstić information content (AvgIpc) is 2.48. The summed E-state index contributed by atoms with van der Waals surface area (Å²) in [5.74, 6) is -1.50. The summed E-state index contributed by atoms with van der Waals surface area (Å²) in [4.78, 5) is 36.9. The maximum absolute atomic E-state index is 12.5. The maximum atomic E-state index is 12.5. The summed E-state index contributed by atoms with van der Waals surface area (Å²) in [5, 5.41) is 2.63. The summed E-state index contributed by atoms with van der Waals surface area (Å²) >= 11 is 0. The Morgan fingerprint density at radius 1 is 0.963 bits per heavy atom. The van der Waals surface area contributed by atoms with E-state index in [9.17, 15) is 14.4 Å². The van der Waals surface area contributed by atoms with Gasteiger partial charge in [0.2, 0.25) is 0 Å². The van der Waals surface area contributed by atoms with Crippen molar-refractivity contribution in [1.29, 1.82) is 0 Å². The number of nitrogen functional groups attached to an aromatic ring is 1. The Hall–Kier alpha value is -2.57. The highest BCUT2D eigenvalue weighted by atomic mass is 16.6. The molecule has 1 aromatic rings. The van der Waals surface area contributed by atoms with Gasteiger partial charge in [-0.3, -0.25) is 9.59 Å². The van der Waals surface area contributed by atoms with Crippen LogP contribution >= 0.6 is 0 Å². The highest BCUT2D eigenvalue weighted by Crippen LogP contribution is 2.14. The van der Waals surface area contributed by atoms with Gasteiger partial charge in [0.15, 0.2) is 0 Å². The first-order valence-corrected chi connectivity index (χ1v) is 8.88. The van der Waals surface area contributed by atoms with Crippen LogP contribution in [0.4, 0.5) is 5.69 Å². The standard InChI is InChI=1S/C20H30N2O5/c1-19(2,3)26-16(23)12-11-15(18(25)27-20(4,5)6)22-17(24)13-7-9-14(21)10-8-13/h7-10,15H,11-12,21H2,1-6H3,(H,22,24)/t15-/m1/s1. The molecule has 1 amide bonds. The van der Waals surface area contributed by atoms with E-state index in [0.29, 0.717) is 11.3 Å². The first-order valence-electron chi connectivity index (χ1n) is 8.88. The van der Waals surface area contributed by atoms with Crippen LogP contribution in [-0.2, 0) is 19.1 Å². The molecule has 0 aliphatic carbocycles. The van der Waals surface area contributed by atoms with E-state index in [-0.39, 0.29) is 12.8 Å². The second kappa shape index (κ2) is 8.88. The Bertz CT molecular complexity index is 669. The monoisotopic (exact) mass is 378 g/mol. The van der Waals surface area contributed by atoms with Crippen LogP contribution in [0.15, 0.2) is 24.3 Å². The van der Waals surface area contributed by atoms with Crippen molar-refractivity contribution < 1.29 is 23.9 Å². The fourth-order valence-electron chi connectivity index (χ4n) is 2.15. The number of nitrogens with two attached hydrogens (primary N) is 1. The molecule has 27 heavy (non-hydrogen) atoms. The fraction of sp³-hybridized carbons (Fsp3) is 0.550. The van der Waals surface area contributed by atoms with Gasteiger partial charge in [-0.05, 0) is 72.2 Å². The zero-order chi connectivity index (χ0) is 20.8. The Kier molecular flexibility index (Phi) is 7.39. The Balaban J connectivity index is 2.84. The molecule has 1 rings (SSSR count). The van der Waals surface area contributed by atoms with Crippen molar-refractivity contribution in [1.82, 2.24) is 5.32 Å². The molecule has 0 saturated heterocycles. The van der Waals surface area contributed by atoms with Crippen LogP contribution in [-0.4, -0.2) is 35.1 Å². The van der Waals surface area contributed by atoms with Crippen molar-refractivity contribution in [3.63, 3.8) is 0 Å². The molecule has 150 valence electrons. The van der Waals surface area contributed by atoms with Gasteiger partial charge in [0, 0.05) is 17.7 Å². The summed E-state index contributed by atoms with van der Waals surface area (Å²) < 4.78 is 10.6. The van der Waals surface area contributed by atoms with Crippen LogP contribution in [0.2, 0.25) is 0 Å². The zero-order valence-corrected chi connectivity index (χ0v) is 16.9. The van der Waals surface area contributed by atoms with E-state index in [2.05, 4.69) is 5.32 Å². The Morgan fingerprint density at radius 3 is 1.96 bits per heavy atom. The van der Waals surface area contributed by atoms with Crippen LogP contribution in [0.25, 0.3) is 0 Å². The van der Waals surface area contributed by atoms with Crippen molar-refractivity contribution in [3.05, 3.63) is 29.8 Å². The van der Waals surface area contributed by atoms with Gasteiger partial charge < -0.3 is 20.5 Å². The minimum Gasteiger partial charge on any atom is -0.460 e. The summed E-state index contributed by atoms with van der Waals surface area (Å²) in [6, 6.07) is 5.34. The van der Waals surface area contributed by atoms with Crippen LogP contribution in [0.5, 0.6) is 0 Å². The number of rotatable bonds is 6. The van der Waals surface area contributed by atoms with E-state index < -0.39 is 35.1 Å². The highest BCUT2D eigenvalue weighted by molar-refractivity contribution is 5.97. The van der Waals surface area contributed by atoms with Crippen LogP contribution in [0, 0.1) is 0 Å². The Labute approximate surface area is 160 Å². The van der Waals surface area contributed by atoms with Gasteiger partial charge in [0.25, 0.3) is 5.91 Å². The smallest absolute Gasteiger partial charge is 0.329 e.